The third-order valence-corrected chi connectivity index (χ3v) is 4.81. The van der Waals surface area contributed by atoms with Crippen molar-refractivity contribution in [3.05, 3.63) is 65.7 Å². The van der Waals surface area contributed by atoms with Crippen molar-refractivity contribution in [1.82, 2.24) is 9.80 Å². The Balaban J connectivity index is 1.51. The number of hydrogen-bond acceptors (Lipinski definition) is 3. The van der Waals surface area contributed by atoms with Gasteiger partial charge in [0, 0.05) is 38.4 Å². The lowest BCUT2D eigenvalue weighted by molar-refractivity contribution is -0.132. The molecular weight excluding hydrogens is 348 g/mol. The van der Waals surface area contributed by atoms with E-state index in [0.717, 1.165) is 37.3 Å². The van der Waals surface area contributed by atoms with E-state index >= 15 is 0 Å². The Morgan fingerprint density at radius 2 is 1.56 bits per heavy atom. The monoisotopic (exact) mass is 373 g/mol. The number of halogens is 2. The van der Waals surface area contributed by atoms with E-state index in [4.69, 9.17) is 0 Å². The van der Waals surface area contributed by atoms with E-state index in [-0.39, 0.29) is 17.5 Å². The molecule has 1 amide bonds. The van der Waals surface area contributed by atoms with Crippen LogP contribution in [0.3, 0.4) is 0 Å². The van der Waals surface area contributed by atoms with Crippen LogP contribution in [0, 0.1) is 11.6 Å². The van der Waals surface area contributed by atoms with Crippen LogP contribution in [0.1, 0.15) is 12.0 Å². The van der Waals surface area contributed by atoms with E-state index in [2.05, 4.69) is 4.90 Å². The third-order valence-electron chi connectivity index (χ3n) is 4.81. The van der Waals surface area contributed by atoms with E-state index in [1.807, 2.05) is 16.8 Å². The normalized spacial score (nSPS) is 15.1. The highest BCUT2D eigenvalue weighted by Gasteiger charge is 2.20. The molecule has 0 N–H and O–H groups in total. The van der Waals surface area contributed by atoms with Crippen LogP contribution in [0.25, 0.3) is 0 Å². The summed E-state index contributed by atoms with van der Waals surface area (Å²) in [5.74, 6) is -0.400. The molecule has 0 atom stereocenters. The number of amides is 1. The highest BCUT2D eigenvalue weighted by Crippen LogP contribution is 2.17. The van der Waals surface area contributed by atoms with E-state index < -0.39 is 0 Å². The molecule has 1 aliphatic rings. The minimum Gasteiger partial charge on any atom is -0.370 e. The van der Waals surface area contributed by atoms with Crippen molar-refractivity contribution in [3.8, 4) is 0 Å². The summed E-state index contributed by atoms with van der Waals surface area (Å²) in [6.45, 7) is 3.89. The molecule has 0 bridgehead atoms. The zero-order valence-corrected chi connectivity index (χ0v) is 15.6. The largest absolute Gasteiger partial charge is 0.370 e. The Bertz CT molecular complexity index is 749. The lowest BCUT2D eigenvalue weighted by atomic mass is 10.2. The van der Waals surface area contributed by atoms with Crippen molar-refractivity contribution < 1.29 is 13.6 Å². The molecule has 0 saturated carbocycles. The van der Waals surface area contributed by atoms with Gasteiger partial charge in [-0.05, 0) is 55.4 Å². The molecule has 3 rings (SSSR count). The van der Waals surface area contributed by atoms with Crippen molar-refractivity contribution in [1.29, 1.82) is 0 Å². The fourth-order valence-electron chi connectivity index (χ4n) is 3.37. The fraction of sp³-hybridized carbons (Fsp3) is 0.381. The molecule has 1 heterocycles. The lowest BCUT2D eigenvalue weighted by Crippen LogP contribution is -2.40. The second-order valence-corrected chi connectivity index (χ2v) is 7.00. The number of likely N-dealkylation sites (N-methyl/N-ethyl adjacent to an activating group) is 1. The van der Waals surface area contributed by atoms with Gasteiger partial charge in [-0.2, -0.15) is 0 Å². The molecule has 1 fully saturated rings. The highest BCUT2D eigenvalue weighted by molar-refractivity contribution is 5.78. The highest BCUT2D eigenvalue weighted by atomic mass is 19.1. The van der Waals surface area contributed by atoms with Crippen molar-refractivity contribution in [3.63, 3.8) is 0 Å². The smallest absolute Gasteiger partial charge is 0.236 e. The van der Waals surface area contributed by atoms with Crippen LogP contribution in [0.4, 0.5) is 14.5 Å². The Kier molecular flexibility index (Phi) is 6.40. The van der Waals surface area contributed by atoms with Crippen LogP contribution in [0.5, 0.6) is 0 Å². The molecule has 0 spiro atoms. The van der Waals surface area contributed by atoms with E-state index in [0.29, 0.717) is 19.6 Å². The quantitative estimate of drug-likeness (QED) is 0.806. The van der Waals surface area contributed by atoms with Crippen molar-refractivity contribution >= 4 is 11.6 Å². The number of benzene rings is 2. The topological polar surface area (TPSA) is 26.8 Å². The Morgan fingerprint density at radius 3 is 2.22 bits per heavy atom. The van der Waals surface area contributed by atoms with Crippen LogP contribution in [-0.4, -0.2) is 55.5 Å². The first kappa shape index (κ1) is 19.3. The van der Waals surface area contributed by atoms with Crippen LogP contribution < -0.4 is 4.90 Å². The van der Waals surface area contributed by atoms with Gasteiger partial charge in [-0.15, -0.1) is 0 Å². The van der Waals surface area contributed by atoms with Gasteiger partial charge in [0.15, 0.2) is 0 Å². The predicted octanol–water partition coefficient (Wildman–Crippen LogP) is 3.14. The van der Waals surface area contributed by atoms with Crippen LogP contribution in [-0.2, 0) is 11.3 Å². The van der Waals surface area contributed by atoms with Gasteiger partial charge in [0.2, 0.25) is 5.91 Å². The zero-order chi connectivity index (χ0) is 19.2. The minimum absolute atomic E-state index is 0.0977. The molecule has 4 nitrogen and oxygen atoms in total. The molecule has 2 aromatic carbocycles. The second kappa shape index (κ2) is 8.95. The number of hydrogen-bond donors (Lipinski definition) is 0. The van der Waals surface area contributed by atoms with Gasteiger partial charge < -0.3 is 9.80 Å². The summed E-state index contributed by atoms with van der Waals surface area (Å²) in [6.07, 6.45) is 0.880. The molecule has 27 heavy (non-hydrogen) atoms. The number of rotatable bonds is 5. The molecule has 144 valence electrons. The second-order valence-electron chi connectivity index (χ2n) is 7.00. The molecular formula is C21H25F2N3O. The van der Waals surface area contributed by atoms with Gasteiger partial charge in [0.05, 0.1) is 6.54 Å². The molecule has 1 saturated heterocycles. The standard InChI is InChI=1S/C21H25F2N3O/c1-24(15-17-3-5-18(22)6-4-17)16-21(27)26-12-2-11-25(13-14-26)20-9-7-19(23)8-10-20/h3-10H,2,11-16H2,1H3. The first-order valence-corrected chi connectivity index (χ1v) is 9.22. The van der Waals surface area contributed by atoms with Gasteiger partial charge in [-0.3, -0.25) is 9.69 Å². The third kappa shape index (κ3) is 5.50. The number of nitrogens with zero attached hydrogens (tertiary/aromatic N) is 3. The summed E-state index contributed by atoms with van der Waals surface area (Å²) in [5.41, 5.74) is 1.96. The molecule has 0 radical (unpaired) electrons. The molecule has 2 aromatic rings. The minimum atomic E-state index is -0.257. The van der Waals surface area contributed by atoms with Gasteiger partial charge in [-0.25, -0.2) is 8.78 Å². The maximum atomic E-state index is 13.1. The lowest BCUT2D eigenvalue weighted by Gasteiger charge is -2.25. The Hall–Kier alpha value is -2.47. The zero-order valence-electron chi connectivity index (χ0n) is 15.6. The first-order chi connectivity index (χ1) is 13.0. The number of carbonyl (C=O) groups is 1. The molecule has 6 heteroatoms. The summed E-state index contributed by atoms with van der Waals surface area (Å²) in [4.78, 5) is 18.7. The summed E-state index contributed by atoms with van der Waals surface area (Å²) in [7, 11) is 1.89. The van der Waals surface area contributed by atoms with Crippen LogP contribution in [0.15, 0.2) is 48.5 Å². The van der Waals surface area contributed by atoms with E-state index in [1.54, 1.807) is 24.3 Å². The molecule has 0 aromatic heterocycles. The summed E-state index contributed by atoms with van der Waals surface area (Å²) in [5, 5.41) is 0. The molecule has 0 aliphatic carbocycles. The maximum Gasteiger partial charge on any atom is 0.236 e. The SMILES string of the molecule is CN(CC(=O)N1CCCN(c2ccc(F)cc2)CC1)Cc1ccc(F)cc1. The number of anilines is 1. The van der Waals surface area contributed by atoms with Gasteiger partial charge in [0.25, 0.3) is 0 Å². The van der Waals surface area contributed by atoms with Gasteiger partial charge >= 0.3 is 0 Å². The van der Waals surface area contributed by atoms with Gasteiger partial charge in [0.1, 0.15) is 11.6 Å². The first-order valence-electron chi connectivity index (χ1n) is 9.22. The average Bonchev–Trinajstić information content (AvgIpc) is 2.90. The average molecular weight is 373 g/mol. The van der Waals surface area contributed by atoms with E-state index in [9.17, 15) is 13.6 Å². The summed E-state index contributed by atoms with van der Waals surface area (Å²) >= 11 is 0. The predicted molar refractivity (Wildman–Crippen MR) is 103 cm³/mol. The Labute approximate surface area is 159 Å². The van der Waals surface area contributed by atoms with Crippen molar-refractivity contribution in [2.75, 3.05) is 44.7 Å². The molecule has 0 unspecified atom stereocenters. The summed E-state index contributed by atoms with van der Waals surface area (Å²) < 4.78 is 26.1. The van der Waals surface area contributed by atoms with Crippen LogP contribution in [0.2, 0.25) is 0 Å². The van der Waals surface area contributed by atoms with Crippen molar-refractivity contribution in [2.45, 2.75) is 13.0 Å². The number of carbonyl (C=O) groups excluding carboxylic acids is 1. The fourth-order valence-corrected chi connectivity index (χ4v) is 3.37. The van der Waals surface area contributed by atoms with Crippen LogP contribution >= 0.6 is 0 Å². The van der Waals surface area contributed by atoms with Gasteiger partial charge in [-0.1, -0.05) is 12.1 Å². The van der Waals surface area contributed by atoms with E-state index in [1.165, 1.54) is 24.3 Å². The molecule has 1 aliphatic heterocycles. The Morgan fingerprint density at radius 1 is 0.926 bits per heavy atom. The maximum absolute atomic E-state index is 13.1. The summed E-state index contributed by atoms with van der Waals surface area (Å²) in [6, 6.07) is 12.8. The van der Waals surface area contributed by atoms with Crippen molar-refractivity contribution in [2.24, 2.45) is 0 Å².